The summed E-state index contributed by atoms with van der Waals surface area (Å²) < 4.78 is 25.1. The average molecular weight is 525 g/mol. The number of hydrogen-bond donors (Lipinski definition) is 1. The molecule has 1 fully saturated rings. The van der Waals surface area contributed by atoms with Crippen molar-refractivity contribution in [2.24, 2.45) is 0 Å². The Bertz CT molecular complexity index is 1550. The monoisotopic (exact) mass is 524 g/mol. The van der Waals surface area contributed by atoms with Gasteiger partial charge in [0.25, 0.3) is 5.78 Å². The topological polar surface area (TPSA) is 89.0 Å². The van der Waals surface area contributed by atoms with Crippen LogP contribution in [-0.2, 0) is 9.59 Å². The van der Waals surface area contributed by atoms with E-state index < -0.39 is 23.5 Å². The van der Waals surface area contributed by atoms with Gasteiger partial charge in [0, 0.05) is 10.6 Å². The summed E-state index contributed by atoms with van der Waals surface area (Å²) in [6.45, 7) is 0. The van der Waals surface area contributed by atoms with E-state index in [0.29, 0.717) is 37.9 Å². The molecule has 1 atom stereocenters. The van der Waals surface area contributed by atoms with Gasteiger partial charge in [-0.05, 0) is 60.2 Å². The van der Waals surface area contributed by atoms with Crippen LogP contribution < -0.4 is 14.4 Å². The van der Waals surface area contributed by atoms with Gasteiger partial charge in [-0.25, -0.2) is 9.37 Å². The van der Waals surface area contributed by atoms with E-state index >= 15 is 0 Å². The molecule has 182 valence electrons. The minimum atomic E-state index is -1.04. The predicted molar refractivity (Wildman–Crippen MR) is 135 cm³/mol. The molecule has 1 saturated heterocycles. The van der Waals surface area contributed by atoms with Crippen LogP contribution >= 0.6 is 22.9 Å². The molecule has 1 amide bonds. The van der Waals surface area contributed by atoms with Gasteiger partial charge < -0.3 is 14.6 Å². The molecule has 1 N–H and O–H groups in total. The molecule has 0 radical (unpaired) electrons. The Balaban J connectivity index is 1.75. The molecule has 1 unspecified atom stereocenters. The molecule has 1 aromatic heterocycles. The zero-order valence-corrected chi connectivity index (χ0v) is 20.6. The van der Waals surface area contributed by atoms with Gasteiger partial charge in [0.15, 0.2) is 16.6 Å². The molecule has 0 spiro atoms. The van der Waals surface area contributed by atoms with Gasteiger partial charge in [0.05, 0.1) is 36.1 Å². The Kier molecular flexibility index (Phi) is 6.11. The highest BCUT2D eigenvalue weighted by molar-refractivity contribution is 7.22. The lowest BCUT2D eigenvalue weighted by atomic mass is 9.95. The smallest absolute Gasteiger partial charge is 0.301 e. The highest BCUT2D eigenvalue weighted by atomic mass is 35.5. The van der Waals surface area contributed by atoms with Crippen LogP contribution in [0.4, 0.5) is 9.52 Å². The summed E-state index contributed by atoms with van der Waals surface area (Å²) in [6, 6.07) is 14.2. The van der Waals surface area contributed by atoms with Crippen molar-refractivity contribution in [1.82, 2.24) is 4.98 Å². The van der Waals surface area contributed by atoms with Crippen LogP contribution in [0.1, 0.15) is 17.2 Å². The number of fused-ring (bicyclic) bond motifs is 1. The second kappa shape index (κ2) is 9.25. The first-order valence-corrected chi connectivity index (χ1v) is 11.9. The maximum Gasteiger partial charge on any atom is 0.301 e. The molecule has 0 bridgehead atoms. The van der Waals surface area contributed by atoms with Gasteiger partial charge in [-0.1, -0.05) is 29.0 Å². The number of anilines is 1. The number of carbonyl (C=O) groups is 2. The first-order chi connectivity index (χ1) is 17.3. The Labute approximate surface area is 214 Å². The van der Waals surface area contributed by atoms with Crippen molar-refractivity contribution >= 4 is 55.7 Å². The summed E-state index contributed by atoms with van der Waals surface area (Å²) in [7, 11) is 2.96. The second-order valence-corrected chi connectivity index (χ2v) is 9.34. The highest BCUT2D eigenvalue weighted by Crippen LogP contribution is 2.45. The van der Waals surface area contributed by atoms with E-state index in [4.69, 9.17) is 21.1 Å². The van der Waals surface area contributed by atoms with Crippen LogP contribution in [0, 0.1) is 5.82 Å². The fraction of sp³-hybridized carbons (Fsp3) is 0.115. The lowest BCUT2D eigenvalue weighted by Gasteiger charge is -2.23. The Morgan fingerprint density at radius 3 is 2.44 bits per heavy atom. The molecule has 36 heavy (non-hydrogen) atoms. The number of Topliss-reactive ketones (excluding diaryl/α,β-unsaturated/α-hetero) is 1. The van der Waals surface area contributed by atoms with Gasteiger partial charge in [-0.3, -0.25) is 14.5 Å². The minimum absolute atomic E-state index is 0.125. The molecule has 2 heterocycles. The number of aliphatic hydroxyl groups is 1. The van der Waals surface area contributed by atoms with E-state index in [-0.39, 0.29) is 16.5 Å². The quantitative estimate of drug-likeness (QED) is 0.204. The summed E-state index contributed by atoms with van der Waals surface area (Å²) >= 11 is 7.05. The Morgan fingerprint density at radius 2 is 1.75 bits per heavy atom. The number of rotatable bonds is 5. The van der Waals surface area contributed by atoms with E-state index in [9.17, 15) is 19.1 Å². The van der Waals surface area contributed by atoms with Crippen LogP contribution in [0.15, 0.2) is 66.2 Å². The van der Waals surface area contributed by atoms with Gasteiger partial charge in [0.1, 0.15) is 11.6 Å². The van der Waals surface area contributed by atoms with Gasteiger partial charge in [0.2, 0.25) is 0 Å². The minimum Gasteiger partial charge on any atom is -0.507 e. The molecule has 7 nitrogen and oxygen atoms in total. The van der Waals surface area contributed by atoms with Crippen molar-refractivity contribution in [1.29, 1.82) is 0 Å². The summed E-state index contributed by atoms with van der Waals surface area (Å²) in [5.41, 5.74) is 1.14. The van der Waals surface area contributed by atoms with E-state index in [2.05, 4.69) is 4.98 Å². The third-order valence-corrected chi connectivity index (χ3v) is 7.10. The number of halogens is 2. The first-order valence-electron chi connectivity index (χ1n) is 10.7. The Hall–Kier alpha value is -3.95. The predicted octanol–water partition coefficient (Wildman–Crippen LogP) is 5.73. The van der Waals surface area contributed by atoms with Crippen molar-refractivity contribution in [3.63, 3.8) is 0 Å². The lowest BCUT2D eigenvalue weighted by molar-refractivity contribution is -0.132. The zero-order chi connectivity index (χ0) is 25.6. The zero-order valence-electron chi connectivity index (χ0n) is 19.0. The SMILES string of the molecule is COc1ccc(C2/C(=C(\O)c3ccc(Cl)cc3)C(=O)C(=O)N2c2nc3ccc(F)cc3s2)cc1OC. The van der Waals surface area contributed by atoms with Crippen molar-refractivity contribution in [3.8, 4) is 11.5 Å². The summed E-state index contributed by atoms with van der Waals surface area (Å²) in [4.78, 5) is 32.4. The number of methoxy groups -OCH3 is 2. The van der Waals surface area contributed by atoms with Crippen molar-refractivity contribution in [2.45, 2.75) is 6.04 Å². The molecular weight excluding hydrogens is 507 g/mol. The van der Waals surface area contributed by atoms with Gasteiger partial charge >= 0.3 is 5.91 Å². The van der Waals surface area contributed by atoms with Crippen LogP contribution in [-0.4, -0.2) is 36.0 Å². The average Bonchev–Trinajstić information content (AvgIpc) is 3.41. The summed E-state index contributed by atoms with van der Waals surface area (Å²) in [5.74, 6) is -1.74. The number of carbonyl (C=O) groups excluding carboxylic acids is 2. The number of ether oxygens (including phenoxy) is 2. The molecule has 1 aliphatic heterocycles. The Morgan fingerprint density at radius 1 is 1.03 bits per heavy atom. The van der Waals surface area contributed by atoms with Gasteiger partial charge in [-0.2, -0.15) is 0 Å². The second-order valence-electron chi connectivity index (χ2n) is 7.90. The maximum atomic E-state index is 13.8. The fourth-order valence-corrected chi connectivity index (χ4v) is 5.26. The molecular formula is C26H18ClFN2O5S. The number of aliphatic hydroxyl groups excluding tert-OH is 1. The lowest BCUT2D eigenvalue weighted by Crippen LogP contribution is -2.29. The summed E-state index contributed by atoms with van der Waals surface area (Å²) in [6.07, 6.45) is 0. The number of thiazole rings is 1. The van der Waals surface area contributed by atoms with Crippen molar-refractivity contribution in [3.05, 3.63) is 88.2 Å². The van der Waals surface area contributed by atoms with Crippen LogP contribution in [0.3, 0.4) is 0 Å². The third kappa shape index (κ3) is 3.96. The van der Waals surface area contributed by atoms with E-state index in [1.807, 2.05) is 0 Å². The van der Waals surface area contributed by atoms with Gasteiger partial charge in [-0.15, -0.1) is 0 Å². The molecule has 1 aliphatic rings. The van der Waals surface area contributed by atoms with Crippen LogP contribution in [0.2, 0.25) is 5.02 Å². The summed E-state index contributed by atoms with van der Waals surface area (Å²) in [5, 5.41) is 11.9. The standard InChI is InChI=1S/C26H18ClFN2O5S/c1-34-18-10-5-14(11-19(18)35-2)22-21(23(31)13-3-6-15(27)7-4-13)24(32)25(33)30(22)26-29-17-9-8-16(28)12-20(17)36-26/h3-12,22,31H,1-2H3/b23-21+. The van der Waals surface area contributed by atoms with Crippen molar-refractivity contribution in [2.75, 3.05) is 19.1 Å². The molecule has 3 aromatic carbocycles. The third-order valence-electron chi connectivity index (χ3n) is 5.83. The van der Waals surface area contributed by atoms with E-state index in [0.717, 1.165) is 11.3 Å². The van der Waals surface area contributed by atoms with E-state index in [1.165, 1.54) is 37.3 Å². The van der Waals surface area contributed by atoms with E-state index in [1.54, 1.807) is 42.5 Å². The number of aromatic nitrogens is 1. The molecule has 5 rings (SSSR count). The number of ketones is 1. The molecule has 4 aromatic rings. The maximum absolute atomic E-state index is 13.8. The number of nitrogens with zero attached hydrogens (tertiary/aromatic N) is 2. The number of benzene rings is 3. The molecule has 0 saturated carbocycles. The van der Waals surface area contributed by atoms with Crippen LogP contribution in [0.25, 0.3) is 16.0 Å². The molecule has 10 heteroatoms. The number of hydrogen-bond acceptors (Lipinski definition) is 7. The highest BCUT2D eigenvalue weighted by Gasteiger charge is 2.48. The van der Waals surface area contributed by atoms with Crippen molar-refractivity contribution < 1.29 is 28.6 Å². The largest absolute Gasteiger partial charge is 0.507 e. The number of amides is 1. The first kappa shape index (κ1) is 23.8. The van der Waals surface area contributed by atoms with Crippen LogP contribution in [0.5, 0.6) is 11.5 Å². The molecule has 0 aliphatic carbocycles. The normalized spacial score (nSPS) is 17.1. The fourth-order valence-electron chi connectivity index (χ4n) is 4.12.